The normalized spacial score (nSPS) is 15.8. The minimum absolute atomic E-state index is 0.253. The van der Waals surface area contributed by atoms with Crippen molar-refractivity contribution in [3.63, 3.8) is 0 Å². The summed E-state index contributed by atoms with van der Waals surface area (Å²) in [4.78, 5) is 34.8. The number of ether oxygens (including phenoxy) is 1. The molecule has 0 bridgehead atoms. The number of pyridine rings is 1. The van der Waals surface area contributed by atoms with E-state index in [2.05, 4.69) is 46.2 Å². The topological polar surface area (TPSA) is 133 Å². The van der Waals surface area contributed by atoms with Crippen LogP contribution >= 0.6 is 0 Å². The van der Waals surface area contributed by atoms with Crippen molar-refractivity contribution in [2.24, 2.45) is 5.92 Å². The first-order chi connectivity index (χ1) is 23.6. The highest BCUT2D eigenvalue weighted by Crippen LogP contribution is 2.33. The Morgan fingerprint density at radius 3 is 2.20 bits per heavy atom. The number of nitrogens with zero attached hydrogens (tertiary/aromatic N) is 6. The fraction of sp³-hybridized carbons (Fsp3) is 0.286. The molecule has 0 amide bonds. The molecule has 254 valence electrons. The zero-order valence-electron chi connectivity index (χ0n) is 26.3. The van der Waals surface area contributed by atoms with Crippen molar-refractivity contribution >= 4 is 52.0 Å². The van der Waals surface area contributed by atoms with E-state index < -0.39 is 18.1 Å². The van der Waals surface area contributed by atoms with Gasteiger partial charge in [-0.1, -0.05) is 36.4 Å². The number of anilines is 2. The van der Waals surface area contributed by atoms with Gasteiger partial charge in [-0.05, 0) is 55.3 Å². The van der Waals surface area contributed by atoms with E-state index in [4.69, 9.17) is 29.7 Å². The summed E-state index contributed by atoms with van der Waals surface area (Å²) < 4.78 is 39.3. The minimum Gasteiger partial charge on any atom is -0.481 e. The fourth-order valence-electron chi connectivity index (χ4n) is 5.94. The second-order valence-corrected chi connectivity index (χ2v) is 11.6. The SMILES string of the molecule is O=C(O)C(F)(F)F.O=C(O)C1CCN(c2ccc(-c3c(/C=C/c4ccc5ccccc5n4)nc4c(N5CCOCC5)ccnn34)cc2)CC1. The smallest absolute Gasteiger partial charge is 0.481 e. The maximum Gasteiger partial charge on any atom is 0.490 e. The molecule has 5 aromatic rings. The maximum atomic E-state index is 11.4. The summed E-state index contributed by atoms with van der Waals surface area (Å²) in [7, 11) is 0. The van der Waals surface area contributed by atoms with E-state index >= 15 is 0 Å². The number of morpholine rings is 1. The Morgan fingerprint density at radius 1 is 0.837 bits per heavy atom. The number of piperidine rings is 1. The number of aromatic nitrogens is 4. The van der Waals surface area contributed by atoms with Gasteiger partial charge in [0.2, 0.25) is 0 Å². The fourth-order valence-corrected chi connectivity index (χ4v) is 5.94. The molecule has 11 nitrogen and oxygen atoms in total. The van der Waals surface area contributed by atoms with Gasteiger partial charge in [-0.25, -0.2) is 19.3 Å². The Balaban J connectivity index is 0.000000540. The number of imidazole rings is 1. The van der Waals surface area contributed by atoms with E-state index in [-0.39, 0.29) is 5.92 Å². The number of carboxylic acid groups (broad SMARTS) is 2. The van der Waals surface area contributed by atoms with Gasteiger partial charge < -0.3 is 24.7 Å². The molecule has 3 aromatic heterocycles. The molecule has 2 aliphatic heterocycles. The molecule has 14 heteroatoms. The van der Waals surface area contributed by atoms with Gasteiger partial charge in [0.1, 0.15) is 5.69 Å². The number of rotatable bonds is 6. The van der Waals surface area contributed by atoms with Crippen LogP contribution in [0.1, 0.15) is 24.2 Å². The Labute approximate surface area is 278 Å². The van der Waals surface area contributed by atoms with Crippen molar-refractivity contribution in [3.05, 3.63) is 84.3 Å². The number of para-hydroxylation sites is 1. The number of hydrogen-bond donors (Lipinski definition) is 2. The third kappa shape index (κ3) is 7.64. The number of alkyl halides is 3. The summed E-state index contributed by atoms with van der Waals surface area (Å²) in [5, 5.41) is 22.3. The van der Waals surface area contributed by atoms with Crippen molar-refractivity contribution in [1.29, 1.82) is 0 Å². The average molecular weight is 675 g/mol. The molecule has 0 unspecified atom stereocenters. The van der Waals surface area contributed by atoms with Gasteiger partial charge in [0, 0.05) is 42.8 Å². The van der Waals surface area contributed by atoms with Crippen LogP contribution in [-0.4, -0.2) is 87.3 Å². The molecule has 0 atom stereocenters. The van der Waals surface area contributed by atoms with Crippen LogP contribution in [0.5, 0.6) is 0 Å². The molecule has 2 fully saturated rings. The van der Waals surface area contributed by atoms with Crippen molar-refractivity contribution in [3.8, 4) is 11.3 Å². The summed E-state index contributed by atoms with van der Waals surface area (Å²) in [6.07, 6.45) is 2.11. The molecule has 7 rings (SSSR count). The van der Waals surface area contributed by atoms with Gasteiger partial charge in [-0.3, -0.25) is 4.79 Å². The number of carbonyl (C=O) groups is 2. The molecule has 5 heterocycles. The third-order valence-electron chi connectivity index (χ3n) is 8.50. The maximum absolute atomic E-state index is 11.4. The first kappa shape index (κ1) is 33.4. The van der Waals surface area contributed by atoms with E-state index in [1.165, 1.54) is 0 Å². The second-order valence-electron chi connectivity index (χ2n) is 11.6. The van der Waals surface area contributed by atoms with E-state index in [0.717, 1.165) is 76.7 Å². The molecule has 2 aromatic carbocycles. The number of hydrogen-bond acceptors (Lipinski definition) is 8. The van der Waals surface area contributed by atoms with Crippen molar-refractivity contribution in [2.75, 3.05) is 49.2 Å². The van der Waals surface area contributed by atoms with Crippen LogP contribution in [-0.2, 0) is 14.3 Å². The average Bonchev–Trinajstić information content (AvgIpc) is 3.49. The van der Waals surface area contributed by atoms with E-state index in [1.54, 1.807) is 0 Å². The number of benzene rings is 2. The summed E-state index contributed by atoms with van der Waals surface area (Å²) in [6.45, 7) is 4.47. The van der Waals surface area contributed by atoms with Crippen LogP contribution in [0.4, 0.5) is 24.5 Å². The molecule has 0 radical (unpaired) electrons. The van der Waals surface area contributed by atoms with Gasteiger partial charge in [0.15, 0.2) is 5.65 Å². The minimum atomic E-state index is -5.08. The monoisotopic (exact) mass is 674 g/mol. The molecular formula is C35H33F3N6O5. The van der Waals surface area contributed by atoms with Crippen molar-refractivity contribution in [1.82, 2.24) is 19.6 Å². The lowest BCUT2D eigenvalue weighted by Gasteiger charge is -2.32. The molecule has 2 saturated heterocycles. The van der Waals surface area contributed by atoms with Gasteiger partial charge in [0.25, 0.3) is 0 Å². The number of fused-ring (bicyclic) bond motifs is 2. The Kier molecular flexibility index (Phi) is 9.76. The Hall–Kier alpha value is -5.50. The summed E-state index contributed by atoms with van der Waals surface area (Å²) in [5.41, 5.74) is 7.48. The Morgan fingerprint density at radius 2 is 1.53 bits per heavy atom. The van der Waals surface area contributed by atoms with Crippen LogP contribution in [0.25, 0.3) is 40.0 Å². The zero-order chi connectivity index (χ0) is 34.5. The van der Waals surface area contributed by atoms with Gasteiger partial charge >= 0.3 is 18.1 Å². The number of halogens is 3. The van der Waals surface area contributed by atoms with Crippen LogP contribution in [0, 0.1) is 5.92 Å². The molecule has 0 aliphatic carbocycles. The van der Waals surface area contributed by atoms with Crippen LogP contribution in [0.15, 0.2) is 72.9 Å². The highest BCUT2D eigenvalue weighted by atomic mass is 19.4. The molecule has 2 aliphatic rings. The summed E-state index contributed by atoms with van der Waals surface area (Å²) in [6, 6.07) is 22.7. The van der Waals surface area contributed by atoms with Gasteiger partial charge in [0.05, 0.1) is 47.9 Å². The lowest BCUT2D eigenvalue weighted by molar-refractivity contribution is -0.192. The predicted octanol–water partition coefficient (Wildman–Crippen LogP) is 5.89. The molecule has 0 saturated carbocycles. The van der Waals surface area contributed by atoms with Gasteiger partial charge in [-0.2, -0.15) is 18.3 Å². The third-order valence-corrected chi connectivity index (χ3v) is 8.50. The van der Waals surface area contributed by atoms with E-state index in [0.29, 0.717) is 26.1 Å². The Bertz CT molecular complexity index is 1980. The van der Waals surface area contributed by atoms with Crippen LogP contribution in [0.3, 0.4) is 0 Å². The van der Waals surface area contributed by atoms with E-state index in [9.17, 15) is 23.1 Å². The molecule has 49 heavy (non-hydrogen) atoms. The largest absolute Gasteiger partial charge is 0.490 e. The first-order valence-corrected chi connectivity index (χ1v) is 15.7. The van der Waals surface area contributed by atoms with Crippen LogP contribution in [0.2, 0.25) is 0 Å². The predicted molar refractivity (Wildman–Crippen MR) is 178 cm³/mol. The zero-order valence-corrected chi connectivity index (χ0v) is 26.3. The number of aliphatic carboxylic acids is 2. The van der Waals surface area contributed by atoms with Gasteiger partial charge in [-0.15, -0.1) is 0 Å². The van der Waals surface area contributed by atoms with Crippen LogP contribution < -0.4 is 9.80 Å². The summed E-state index contributed by atoms with van der Waals surface area (Å²) in [5.74, 6) is -3.70. The highest BCUT2D eigenvalue weighted by Gasteiger charge is 2.38. The molecule has 2 N–H and O–H groups in total. The highest BCUT2D eigenvalue weighted by molar-refractivity contribution is 5.85. The van der Waals surface area contributed by atoms with Crippen molar-refractivity contribution < 1.29 is 37.7 Å². The van der Waals surface area contributed by atoms with E-state index in [1.807, 2.05) is 53.2 Å². The quantitative estimate of drug-likeness (QED) is 0.225. The van der Waals surface area contributed by atoms with Crippen molar-refractivity contribution in [2.45, 2.75) is 19.0 Å². The first-order valence-electron chi connectivity index (χ1n) is 15.7. The number of carboxylic acids is 2. The lowest BCUT2D eigenvalue weighted by atomic mass is 9.96. The lowest BCUT2D eigenvalue weighted by Crippen LogP contribution is -2.36. The molecule has 0 spiro atoms. The second kappa shape index (κ2) is 14.3. The standard InChI is InChI=1S/C33H32N6O3.C2HF3O2/c40-33(41)25-14-17-37(18-15-25)27-10-6-24(7-11-27)31-29(12-9-26-8-5-23-3-1-2-4-28(23)35-26)36-32-30(13-16-34-39(31)32)38-19-21-42-22-20-38;3-2(4,5)1(6)7/h1-13,16,25H,14-15,17-22H2,(H,40,41);(H,6,7)/b12-9+;. The summed E-state index contributed by atoms with van der Waals surface area (Å²) >= 11 is 0. The molecular weight excluding hydrogens is 641 g/mol.